The molecule has 1 N–H and O–H groups in total. The molecule has 2 rings (SSSR count). The number of hydrogen-bond acceptors (Lipinski definition) is 4. The van der Waals surface area contributed by atoms with Crippen LogP contribution in [0, 0.1) is 0 Å². The quantitative estimate of drug-likeness (QED) is 0.827. The molecule has 0 bridgehead atoms. The van der Waals surface area contributed by atoms with E-state index in [4.69, 9.17) is 9.84 Å². The molecule has 0 aliphatic carbocycles. The lowest BCUT2D eigenvalue weighted by molar-refractivity contribution is 0.0695. The predicted octanol–water partition coefficient (Wildman–Crippen LogP) is 3.84. The summed E-state index contributed by atoms with van der Waals surface area (Å²) in [4.78, 5) is 16.3. The van der Waals surface area contributed by atoms with Crippen LogP contribution in [0.3, 0.4) is 0 Å². The van der Waals surface area contributed by atoms with Gasteiger partial charge < -0.3 is 9.84 Å². The molecule has 0 spiro atoms. The van der Waals surface area contributed by atoms with Crippen molar-refractivity contribution in [3.8, 4) is 5.88 Å². The fourth-order valence-corrected chi connectivity index (χ4v) is 2.82. The van der Waals surface area contributed by atoms with Gasteiger partial charge in [0.2, 0.25) is 5.88 Å². The van der Waals surface area contributed by atoms with E-state index in [9.17, 15) is 4.79 Å². The number of thioether (sulfide) groups is 1. The molecule has 0 aliphatic rings. The van der Waals surface area contributed by atoms with Crippen LogP contribution in [-0.2, 0) is 5.75 Å². The Hall–Kier alpha value is -1.53. The molecule has 20 heavy (non-hydrogen) atoms. The maximum Gasteiger partial charge on any atom is 0.336 e. The third-order valence-electron chi connectivity index (χ3n) is 2.55. The van der Waals surface area contributed by atoms with Crippen LogP contribution in [0.5, 0.6) is 5.88 Å². The zero-order valence-electron chi connectivity index (χ0n) is 10.7. The summed E-state index contributed by atoms with van der Waals surface area (Å²) in [7, 11) is 1.58. The summed E-state index contributed by atoms with van der Waals surface area (Å²) in [6.07, 6.45) is 0. The zero-order chi connectivity index (χ0) is 14.5. The number of nitrogens with zero attached hydrogens (tertiary/aromatic N) is 1. The van der Waals surface area contributed by atoms with Gasteiger partial charge >= 0.3 is 5.97 Å². The van der Waals surface area contributed by atoms with Gasteiger partial charge in [0.25, 0.3) is 0 Å². The number of aromatic nitrogens is 1. The van der Waals surface area contributed by atoms with Crippen molar-refractivity contribution in [2.24, 2.45) is 0 Å². The largest absolute Gasteiger partial charge is 0.481 e. The maximum absolute atomic E-state index is 11.1. The zero-order valence-corrected chi connectivity index (χ0v) is 13.1. The van der Waals surface area contributed by atoms with Gasteiger partial charge in [-0.25, -0.2) is 9.78 Å². The lowest BCUT2D eigenvalue weighted by Crippen LogP contribution is -1.97. The van der Waals surface area contributed by atoms with Gasteiger partial charge in [-0.15, -0.1) is 11.8 Å². The normalized spacial score (nSPS) is 10.3. The Balaban J connectivity index is 2.10. The highest BCUT2D eigenvalue weighted by Crippen LogP contribution is 2.27. The first-order chi connectivity index (χ1) is 9.60. The van der Waals surface area contributed by atoms with Crippen molar-refractivity contribution in [3.63, 3.8) is 0 Å². The fraction of sp³-hybridized carbons (Fsp3) is 0.143. The van der Waals surface area contributed by atoms with Gasteiger partial charge in [0.15, 0.2) is 0 Å². The Kier molecular flexibility index (Phi) is 5.03. The van der Waals surface area contributed by atoms with Crippen LogP contribution in [-0.4, -0.2) is 23.2 Å². The van der Waals surface area contributed by atoms with Gasteiger partial charge in [-0.1, -0.05) is 6.07 Å². The summed E-state index contributed by atoms with van der Waals surface area (Å²) in [5.41, 5.74) is 1.14. The highest BCUT2D eigenvalue weighted by Gasteiger charge is 2.09. The fourth-order valence-electron chi connectivity index (χ4n) is 1.57. The van der Waals surface area contributed by atoms with Crippen molar-refractivity contribution in [2.75, 3.05) is 7.11 Å². The number of hydrogen-bond donors (Lipinski definition) is 1. The average Bonchev–Trinajstić information content (AvgIpc) is 2.46. The third-order valence-corrected chi connectivity index (χ3v) is 4.26. The minimum absolute atomic E-state index is 0.258. The van der Waals surface area contributed by atoms with Gasteiger partial charge in [-0.2, -0.15) is 0 Å². The molecule has 4 nitrogen and oxygen atoms in total. The first-order valence-corrected chi connectivity index (χ1v) is 7.53. The molecule has 0 fully saturated rings. The Bertz CT molecular complexity index is 634. The van der Waals surface area contributed by atoms with Crippen LogP contribution in [0.25, 0.3) is 0 Å². The number of pyridine rings is 1. The number of methoxy groups -OCH3 is 1. The average molecular weight is 354 g/mol. The molecule has 104 valence electrons. The second kappa shape index (κ2) is 6.76. The topological polar surface area (TPSA) is 59.4 Å². The summed E-state index contributed by atoms with van der Waals surface area (Å²) in [5, 5.41) is 9.08. The van der Waals surface area contributed by atoms with Gasteiger partial charge in [-0.3, -0.25) is 0 Å². The van der Waals surface area contributed by atoms with E-state index in [0.717, 1.165) is 10.6 Å². The van der Waals surface area contributed by atoms with E-state index in [1.165, 1.54) is 11.8 Å². The number of carboxylic acids is 1. The third kappa shape index (κ3) is 3.74. The smallest absolute Gasteiger partial charge is 0.336 e. The second-order valence-corrected chi connectivity index (χ2v) is 5.81. The molecule has 0 atom stereocenters. The molecule has 0 saturated heterocycles. The summed E-state index contributed by atoms with van der Waals surface area (Å²) >= 11 is 4.76. The number of halogens is 1. The van der Waals surface area contributed by atoms with Crippen LogP contribution in [0.4, 0.5) is 0 Å². The molecule has 0 unspecified atom stereocenters. The molecule has 0 saturated carbocycles. The van der Waals surface area contributed by atoms with E-state index in [0.29, 0.717) is 16.1 Å². The molecular formula is C14H12BrNO3S. The number of carboxylic acid groups (broad SMARTS) is 1. The summed E-state index contributed by atoms with van der Waals surface area (Å²) in [6, 6.07) is 10.8. The van der Waals surface area contributed by atoms with E-state index in [-0.39, 0.29) is 5.56 Å². The summed E-state index contributed by atoms with van der Waals surface area (Å²) in [6.45, 7) is 0. The molecule has 6 heteroatoms. The minimum Gasteiger partial charge on any atom is -0.481 e. The second-order valence-electron chi connectivity index (χ2n) is 3.91. The minimum atomic E-state index is -0.946. The Morgan fingerprint density at radius 2 is 2.20 bits per heavy atom. The monoisotopic (exact) mass is 353 g/mol. The van der Waals surface area contributed by atoms with Crippen LogP contribution in [0.1, 0.15) is 16.1 Å². The maximum atomic E-state index is 11.1. The lowest BCUT2D eigenvalue weighted by atomic mass is 10.2. The van der Waals surface area contributed by atoms with Crippen molar-refractivity contribution in [1.82, 2.24) is 4.98 Å². The van der Waals surface area contributed by atoms with E-state index < -0.39 is 5.97 Å². The number of aromatic carboxylic acids is 1. The first-order valence-electron chi connectivity index (χ1n) is 5.75. The molecule has 1 aromatic heterocycles. The van der Waals surface area contributed by atoms with Crippen molar-refractivity contribution < 1.29 is 14.6 Å². The van der Waals surface area contributed by atoms with Crippen molar-refractivity contribution in [1.29, 1.82) is 0 Å². The van der Waals surface area contributed by atoms with Crippen LogP contribution >= 0.6 is 27.7 Å². The molecule has 1 heterocycles. The molecule has 0 amide bonds. The van der Waals surface area contributed by atoms with E-state index in [1.807, 2.05) is 18.2 Å². The van der Waals surface area contributed by atoms with Crippen molar-refractivity contribution >= 4 is 33.7 Å². The molecular weight excluding hydrogens is 342 g/mol. The van der Waals surface area contributed by atoms with E-state index >= 15 is 0 Å². The predicted molar refractivity (Wildman–Crippen MR) is 81.5 cm³/mol. The molecule has 1 aromatic carbocycles. The van der Waals surface area contributed by atoms with Crippen molar-refractivity contribution in [2.45, 2.75) is 10.6 Å². The molecule has 0 aliphatic heterocycles. The molecule has 0 radical (unpaired) electrons. The highest BCUT2D eigenvalue weighted by atomic mass is 79.9. The summed E-state index contributed by atoms with van der Waals surface area (Å²) in [5.74, 6) is 0.279. The summed E-state index contributed by atoms with van der Waals surface area (Å²) < 4.78 is 5.65. The highest BCUT2D eigenvalue weighted by molar-refractivity contribution is 9.10. The van der Waals surface area contributed by atoms with E-state index in [1.54, 1.807) is 25.3 Å². The van der Waals surface area contributed by atoms with Gasteiger partial charge in [0.05, 0.1) is 18.4 Å². The number of carbonyl (C=O) groups is 1. The van der Waals surface area contributed by atoms with Gasteiger partial charge in [0.1, 0.15) is 0 Å². The Morgan fingerprint density at radius 1 is 1.40 bits per heavy atom. The SMILES string of the molecule is COc1cccc(CSc2ccc(Br)c(C(=O)O)c2)n1. The number of rotatable bonds is 5. The first kappa shape index (κ1) is 14.9. The van der Waals surface area contributed by atoms with Gasteiger partial charge in [-0.05, 0) is 40.2 Å². The van der Waals surface area contributed by atoms with Crippen LogP contribution in [0.2, 0.25) is 0 Å². The Labute approximate surface area is 129 Å². The van der Waals surface area contributed by atoms with Crippen molar-refractivity contribution in [3.05, 3.63) is 52.1 Å². The number of ether oxygens (including phenoxy) is 1. The number of benzene rings is 1. The van der Waals surface area contributed by atoms with Crippen LogP contribution in [0.15, 0.2) is 45.8 Å². The Morgan fingerprint density at radius 3 is 2.90 bits per heavy atom. The van der Waals surface area contributed by atoms with E-state index in [2.05, 4.69) is 20.9 Å². The van der Waals surface area contributed by atoms with Crippen LogP contribution < -0.4 is 4.74 Å². The standard InChI is InChI=1S/C14H12BrNO3S/c1-19-13-4-2-3-9(16-13)8-20-10-5-6-12(15)11(7-10)14(17)18/h2-7H,8H2,1H3,(H,17,18). The molecule has 2 aromatic rings. The lowest BCUT2D eigenvalue weighted by Gasteiger charge is -2.05. The van der Waals surface area contributed by atoms with Gasteiger partial charge in [0, 0.05) is 21.2 Å².